The lowest BCUT2D eigenvalue weighted by Crippen LogP contribution is -2.22. The molecule has 0 bridgehead atoms. The van der Waals surface area contributed by atoms with Crippen LogP contribution in [0.4, 0.5) is 0 Å². The van der Waals surface area contributed by atoms with Crippen molar-refractivity contribution in [1.82, 2.24) is 0 Å². The van der Waals surface area contributed by atoms with Crippen LogP contribution in [0.25, 0.3) is 0 Å². The van der Waals surface area contributed by atoms with E-state index in [0.29, 0.717) is 0 Å². The summed E-state index contributed by atoms with van der Waals surface area (Å²) in [6, 6.07) is 0. The fourth-order valence-corrected chi connectivity index (χ4v) is 0.910. The van der Waals surface area contributed by atoms with Crippen molar-refractivity contribution >= 4 is 51.6 Å². The molecule has 54 valence electrons. The third-order valence-corrected chi connectivity index (χ3v) is 2.56. The summed E-state index contributed by atoms with van der Waals surface area (Å²) in [4.78, 5) is 10.2. The highest BCUT2D eigenvalue weighted by molar-refractivity contribution is 6.70. The first-order chi connectivity index (χ1) is 4.09. The normalized spacial score (nSPS) is 16.9. The highest BCUT2D eigenvalue weighted by atomic mass is 35.5. The van der Waals surface area contributed by atoms with Gasteiger partial charge in [0.05, 0.1) is 5.38 Å². The monoisotopic (exact) mass is 208 g/mol. The molecule has 0 aromatic rings. The van der Waals surface area contributed by atoms with E-state index in [0.717, 1.165) is 0 Å². The van der Waals surface area contributed by atoms with Crippen molar-refractivity contribution in [3.05, 3.63) is 0 Å². The molecule has 0 radical (unpaired) electrons. The Kier molecular flexibility index (Phi) is 5.04. The maximum atomic E-state index is 10.2. The molecule has 2 unspecified atom stereocenters. The molecule has 0 saturated carbocycles. The van der Waals surface area contributed by atoms with Gasteiger partial charge in [-0.1, -0.05) is 0 Å². The molecule has 0 aromatic carbocycles. The average Bonchev–Trinajstić information content (AvgIpc) is 1.84. The zero-order valence-electron chi connectivity index (χ0n) is 4.28. The molecule has 0 aliphatic rings. The predicted octanol–water partition coefficient (Wildman–Crippen LogP) is 2.21. The molecule has 9 heavy (non-hydrogen) atoms. The van der Waals surface area contributed by atoms with Gasteiger partial charge in [-0.3, -0.25) is 4.79 Å². The van der Waals surface area contributed by atoms with Crippen LogP contribution in [0.2, 0.25) is 0 Å². The number of rotatable bonds is 3. The Bertz CT molecular complexity index is 105. The minimum atomic E-state index is -0.883. The summed E-state index contributed by atoms with van der Waals surface area (Å²) in [5, 5.41) is -2.14. The topological polar surface area (TPSA) is 17.1 Å². The number of carbonyl (C=O) groups is 1. The van der Waals surface area contributed by atoms with E-state index in [9.17, 15) is 4.79 Å². The highest BCUT2D eigenvalue weighted by Gasteiger charge is 2.21. The zero-order valence-corrected chi connectivity index (χ0v) is 7.31. The fraction of sp³-hybridized carbons (Fsp3) is 0.750. The summed E-state index contributed by atoms with van der Waals surface area (Å²) in [6.07, 6.45) is 0. The summed E-state index contributed by atoms with van der Waals surface area (Å²) < 4.78 is 0. The summed E-state index contributed by atoms with van der Waals surface area (Å²) in [6.45, 7) is 0. The maximum absolute atomic E-state index is 10.2. The van der Waals surface area contributed by atoms with Gasteiger partial charge in [0.25, 0.3) is 0 Å². The molecule has 2 atom stereocenters. The Morgan fingerprint density at radius 2 is 1.89 bits per heavy atom. The Labute approximate surface area is 73.2 Å². The smallest absolute Gasteiger partial charge is 0.241 e. The maximum Gasteiger partial charge on any atom is 0.241 e. The second kappa shape index (κ2) is 4.62. The molecule has 0 N–H and O–H groups in total. The highest BCUT2D eigenvalue weighted by Crippen LogP contribution is 2.13. The average molecular weight is 210 g/mol. The van der Waals surface area contributed by atoms with Gasteiger partial charge in [0.2, 0.25) is 5.24 Å². The number of carbonyl (C=O) groups excluding carboxylic acids is 1. The Morgan fingerprint density at radius 3 is 2.00 bits per heavy atom. The van der Waals surface area contributed by atoms with E-state index in [1.807, 2.05) is 0 Å². The van der Waals surface area contributed by atoms with Crippen LogP contribution in [0.15, 0.2) is 0 Å². The van der Waals surface area contributed by atoms with Crippen molar-refractivity contribution in [1.29, 1.82) is 0 Å². The van der Waals surface area contributed by atoms with E-state index in [4.69, 9.17) is 46.4 Å². The first-order valence-corrected chi connectivity index (χ1v) is 3.91. The van der Waals surface area contributed by atoms with Crippen LogP contribution in [0.5, 0.6) is 0 Å². The summed E-state index contributed by atoms with van der Waals surface area (Å²) >= 11 is 21.1. The lowest BCUT2D eigenvalue weighted by atomic mass is 10.3. The molecule has 0 spiro atoms. The molecule has 0 fully saturated rings. The van der Waals surface area contributed by atoms with Crippen molar-refractivity contribution in [3.63, 3.8) is 0 Å². The van der Waals surface area contributed by atoms with Crippen molar-refractivity contribution < 1.29 is 4.79 Å². The van der Waals surface area contributed by atoms with E-state index in [1.54, 1.807) is 0 Å². The molecule has 0 heterocycles. The van der Waals surface area contributed by atoms with Gasteiger partial charge in [-0.2, -0.15) is 0 Å². The molecule has 0 aliphatic carbocycles. The first kappa shape index (κ1) is 9.83. The molecule has 0 aliphatic heterocycles. The fourth-order valence-electron chi connectivity index (χ4n) is 0.220. The van der Waals surface area contributed by atoms with Gasteiger partial charge in [-0.05, 0) is 11.6 Å². The van der Waals surface area contributed by atoms with Crippen LogP contribution in [-0.4, -0.2) is 21.9 Å². The SMILES string of the molecule is O=C(Cl)C(Cl)C(Cl)CCl. The van der Waals surface area contributed by atoms with Crippen molar-refractivity contribution in [2.75, 3.05) is 5.88 Å². The van der Waals surface area contributed by atoms with Crippen molar-refractivity contribution in [3.8, 4) is 0 Å². The predicted molar refractivity (Wildman–Crippen MR) is 40.9 cm³/mol. The van der Waals surface area contributed by atoms with Gasteiger partial charge < -0.3 is 0 Å². The lowest BCUT2D eigenvalue weighted by molar-refractivity contribution is -0.111. The second-order valence-electron chi connectivity index (χ2n) is 1.38. The van der Waals surface area contributed by atoms with E-state index in [1.165, 1.54) is 0 Å². The number of hydrogen-bond acceptors (Lipinski definition) is 1. The van der Waals surface area contributed by atoms with Crippen LogP contribution in [-0.2, 0) is 4.79 Å². The van der Waals surface area contributed by atoms with Gasteiger partial charge in [-0.15, -0.1) is 34.8 Å². The van der Waals surface area contributed by atoms with Crippen LogP contribution in [0.1, 0.15) is 0 Å². The van der Waals surface area contributed by atoms with E-state index < -0.39 is 16.0 Å². The Hall–Kier alpha value is 0.830. The summed E-state index contributed by atoms with van der Waals surface area (Å²) in [7, 11) is 0. The molecule has 1 nitrogen and oxygen atoms in total. The van der Waals surface area contributed by atoms with Gasteiger partial charge >= 0.3 is 0 Å². The minimum Gasteiger partial charge on any atom is -0.280 e. The summed E-state index contributed by atoms with van der Waals surface area (Å²) in [5.41, 5.74) is 0. The van der Waals surface area contributed by atoms with E-state index in [-0.39, 0.29) is 5.88 Å². The Morgan fingerprint density at radius 1 is 1.44 bits per heavy atom. The van der Waals surface area contributed by atoms with Crippen molar-refractivity contribution in [2.24, 2.45) is 0 Å². The summed E-state index contributed by atoms with van der Waals surface area (Å²) in [5.74, 6) is 0.119. The van der Waals surface area contributed by atoms with Crippen LogP contribution < -0.4 is 0 Å². The quantitative estimate of drug-likeness (QED) is 0.515. The third-order valence-electron chi connectivity index (χ3n) is 0.682. The van der Waals surface area contributed by atoms with Crippen molar-refractivity contribution in [2.45, 2.75) is 10.8 Å². The molecule has 5 heteroatoms. The number of hydrogen-bond donors (Lipinski definition) is 0. The molecule has 0 saturated heterocycles. The number of halogens is 4. The zero-order chi connectivity index (χ0) is 7.44. The largest absolute Gasteiger partial charge is 0.280 e. The van der Waals surface area contributed by atoms with Crippen LogP contribution in [0, 0.1) is 0 Å². The van der Waals surface area contributed by atoms with E-state index >= 15 is 0 Å². The Balaban J connectivity index is 3.72. The molecule has 0 rings (SSSR count). The van der Waals surface area contributed by atoms with Gasteiger partial charge in [-0.25, -0.2) is 0 Å². The van der Waals surface area contributed by atoms with Crippen LogP contribution in [0.3, 0.4) is 0 Å². The van der Waals surface area contributed by atoms with E-state index in [2.05, 4.69) is 0 Å². The molecule has 0 amide bonds. The third kappa shape index (κ3) is 3.51. The van der Waals surface area contributed by atoms with Gasteiger partial charge in [0.15, 0.2) is 0 Å². The number of alkyl halides is 3. The second-order valence-corrected chi connectivity index (χ2v) is 3.09. The lowest BCUT2D eigenvalue weighted by Gasteiger charge is -2.06. The standard InChI is InChI=1S/C4H4Cl4O/c5-1-2(6)3(7)4(8)9/h2-3H,1H2. The first-order valence-electron chi connectivity index (χ1n) is 2.13. The molecular formula is C4H4Cl4O. The van der Waals surface area contributed by atoms with Gasteiger partial charge in [0.1, 0.15) is 5.38 Å². The molecule has 0 aromatic heterocycles. The van der Waals surface area contributed by atoms with Crippen LogP contribution >= 0.6 is 46.4 Å². The molecular weight excluding hydrogens is 206 g/mol. The minimum absolute atomic E-state index is 0.119. The van der Waals surface area contributed by atoms with Gasteiger partial charge in [0, 0.05) is 5.88 Å².